The van der Waals surface area contributed by atoms with E-state index >= 15 is 0 Å². The first-order valence-electron chi connectivity index (χ1n) is 10.4. The average Bonchev–Trinajstić information content (AvgIpc) is 3.07. The van der Waals surface area contributed by atoms with Gasteiger partial charge in [0.2, 0.25) is 0 Å². The maximum absolute atomic E-state index is 13.0. The van der Waals surface area contributed by atoms with Crippen molar-refractivity contribution in [1.82, 2.24) is 4.90 Å². The molecule has 1 aliphatic carbocycles. The number of nitrogens with zero attached hydrogens (tertiary/aromatic N) is 1. The van der Waals surface area contributed by atoms with E-state index in [0.29, 0.717) is 27.3 Å². The summed E-state index contributed by atoms with van der Waals surface area (Å²) in [5.74, 6) is 1.34. The quantitative estimate of drug-likeness (QED) is 0.230. The lowest BCUT2D eigenvalue weighted by molar-refractivity contribution is -0.124. The zero-order valence-electron chi connectivity index (χ0n) is 17.3. The number of rotatable bonds is 6. The maximum Gasteiger partial charge on any atom is 0.266 e. The summed E-state index contributed by atoms with van der Waals surface area (Å²) in [6.07, 6.45) is 7.57. The van der Waals surface area contributed by atoms with Crippen molar-refractivity contribution >= 4 is 62.9 Å². The second-order valence-electron chi connectivity index (χ2n) is 7.67. The van der Waals surface area contributed by atoms with E-state index in [2.05, 4.69) is 46.9 Å². The van der Waals surface area contributed by atoms with Crippen LogP contribution in [0.5, 0.6) is 11.5 Å². The predicted octanol–water partition coefficient (Wildman–Crippen LogP) is 6.41. The Morgan fingerprint density at radius 2 is 1.87 bits per heavy atom. The first-order valence-corrected chi connectivity index (χ1v) is 12.7. The van der Waals surface area contributed by atoms with E-state index in [1.165, 1.54) is 34.6 Å². The largest absolute Gasteiger partial charge is 0.493 e. The van der Waals surface area contributed by atoms with E-state index in [-0.39, 0.29) is 11.9 Å². The number of amides is 1. The van der Waals surface area contributed by atoms with Crippen molar-refractivity contribution in [3.8, 4) is 11.5 Å². The van der Waals surface area contributed by atoms with Gasteiger partial charge < -0.3 is 9.47 Å². The number of methoxy groups -OCH3 is 1. The van der Waals surface area contributed by atoms with Crippen LogP contribution in [0.25, 0.3) is 6.08 Å². The van der Waals surface area contributed by atoms with Crippen LogP contribution >= 0.6 is 46.6 Å². The highest BCUT2D eigenvalue weighted by atomic mass is 127. The van der Waals surface area contributed by atoms with Crippen LogP contribution < -0.4 is 9.47 Å². The number of carbonyl (C=O) groups excluding carboxylic acids is 1. The van der Waals surface area contributed by atoms with Gasteiger partial charge in [-0.2, -0.15) is 0 Å². The topological polar surface area (TPSA) is 38.8 Å². The van der Waals surface area contributed by atoms with Crippen molar-refractivity contribution in [2.75, 3.05) is 7.11 Å². The van der Waals surface area contributed by atoms with Crippen molar-refractivity contribution in [1.29, 1.82) is 0 Å². The molecule has 0 bridgehead atoms. The molecular weight excluding hydrogens is 541 g/mol. The number of ether oxygens (including phenoxy) is 2. The zero-order chi connectivity index (χ0) is 21.8. The van der Waals surface area contributed by atoms with Crippen LogP contribution in [0.2, 0.25) is 0 Å². The Morgan fingerprint density at radius 3 is 2.58 bits per heavy atom. The van der Waals surface area contributed by atoms with Crippen LogP contribution in [-0.2, 0) is 11.4 Å². The Hall–Kier alpha value is -1.58. The standard InChI is InChI=1S/C24H24INO3S2/c1-28-21-13-17(9-12-20(21)29-15-16-7-10-18(25)11-8-16)14-22-23(27)26(24(30)31-22)19-5-3-2-4-6-19/h7-14,19H,2-6,15H2,1H3/b22-14+. The summed E-state index contributed by atoms with van der Waals surface area (Å²) in [6, 6.07) is 14.2. The van der Waals surface area contributed by atoms with E-state index in [0.717, 1.165) is 24.0 Å². The molecule has 0 atom stereocenters. The van der Waals surface area contributed by atoms with Crippen LogP contribution in [0.3, 0.4) is 0 Å². The van der Waals surface area contributed by atoms with Gasteiger partial charge in [0.15, 0.2) is 11.5 Å². The summed E-state index contributed by atoms with van der Waals surface area (Å²) in [5, 5.41) is 0. The Kier molecular flexibility index (Phi) is 7.55. The third-order valence-electron chi connectivity index (χ3n) is 5.56. The van der Waals surface area contributed by atoms with Crippen molar-refractivity contribution < 1.29 is 14.3 Å². The fraction of sp³-hybridized carbons (Fsp3) is 0.333. The van der Waals surface area contributed by atoms with Crippen LogP contribution in [0.4, 0.5) is 0 Å². The molecule has 4 rings (SSSR count). The first kappa shape index (κ1) is 22.6. The average molecular weight is 565 g/mol. The lowest BCUT2D eigenvalue weighted by Crippen LogP contribution is -2.39. The Balaban J connectivity index is 1.48. The van der Waals surface area contributed by atoms with Gasteiger partial charge in [-0.15, -0.1) is 0 Å². The number of hydrogen-bond donors (Lipinski definition) is 0. The van der Waals surface area contributed by atoms with Gasteiger partial charge in [-0.25, -0.2) is 0 Å². The lowest BCUT2D eigenvalue weighted by Gasteiger charge is -2.29. The SMILES string of the molecule is COc1cc(/C=C2/SC(=S)N(C3CCCCC3)C2=O)ccc1OCc1ccc(I)cc1. The maximum atomic E-state index is 13.0. The molecule has 2 aromatic carbocycles. The summed E-state index contributed by atoms with van der Waals surface area (Å²) in [7, 11) is 1.62. The lowest BCUT2D eigenvalue weighted by atomic mass is 9.94. The normalized spacial score (nSPS) is 18.6. The molecule has 1 amide bonds. The highest BCUT2D eigenvalue weighted by Crippen LogP contribution is 2.38. The minimum absolute atomic E-state index is 0.0277. The first-order chi connectivity index (χ1) is 15.0. The number of thioether (sulfide) groups is 1. The highest BCUT2D eigenvalue weighted by molar-refractivity contribution is 14.1. The third-order valence-corrected chi connectivity index (χ3v) is 7.61. The highest BCUT2D eigenvalue weighted by Gasteiger charge is 2.37. The monoisotopic (exact) mass is 565 g/mol. The molecule has 7 heteroatoms. The second kappa shape index (κ2) is 10.4. The molecule has 31 heavy (non-hydrogen) atoms. The number of benzene rings is 2. The molecular formula is C24H24INO3S2. The van der Waals surface area contributed by atoms with Gasteiger partial charge in [0.25, 0.3) is 5.91 Å². The van der Waals surface area contributed by atoms with Crippen LogP contribution in [0.15, 0.2) is 47.4 Å². The van der Waals surface area contributed by atoms with Gasteiger partial charge in [0.05, 0.1) is 12.0 Å². The molecule has 0 aromatic heterocycles. The molecule has 0 N–H and O–H groups in total. The number of thiocarbonyl (C=S) groups is 1. The summed E-state index contributed by atoms with van der Waals surface area (Å²) in [5.41, 5.74) is 1.99. The van der Waals surface area contributed by atoms with Gasteiger partial charge in [-0.1, -0.05) is 61.4 Å². The molecule has 1 saturated heterocycles. The van der Waals surface area contributed by atoms with Gasteiger partial charge in [-0.3, -0.25) is 9.69 Å². The van der Waals surface area contributed by atoms with Crippen molar-refractivity contribution in [3.05, 3.63) is 62.1 Å². The van der Waals surface area contributed by atoms with Crippen LogP contribution in [0, 0.1) is 3.57 Å². The van der Waals surface area contributed by atoms with E-state index in [4.69, 9.17) is 21.7 Å². The van der Waals surface area contributed by atoms with Crippen molar-refractivity contribution in [2.45, 2.75) is 44.8 Å². The molecule has 2 fully saturated rings. The number of halogens is 1. The van der Waals surface area contributed by atoms with E-state index < -0.39 is 0 Å². The summed E-state index contributed by atoms with van der Waals surface area (Å²) in [4.78, 5) is 15.5. The molecule has 2 aromatic rings. The van der Waals surface area contributed by atoms with Gasteiger partial charge >= 0.3 is 0 Å². The molecule has 4 nitrogen and oxygen atoms in total. The number of hydrogen-bond acceptors (Lipinski definition) is 5. The van der Waals surface area contributed by atoms with Gasteiger partial charge in [0.1, 0.15) is 10.9 Å². The van der Waals surface area contributed by atoms with Crippen LogP contribution in [-0.4, -0.2) is 28.3 Å². The van der Waals surface area contributed by atoms with Crippen molar-refractivity contribution in [2.24, 2.45) is 0 Å². The zero-order valence-corrected chi connectivity index (χ0v) is 21.1. The van der Waals surface area contributed by atoms with E-state index in [1.807, 2.05) is 29.2 Å². The van der Waals surface area contributed by atoms with E-state index in [9.17, 15) is 4.79 Å². The van der Waals surface area contributed by atoms with Gasteiger partial charge in [0, 0.05) is 9.61 Å². The molecule has 1 aliphatic heterocycles. The molecule has 2 aliphatic rings. The molecule has 0 spiro atoms. The molecule has 0 radical (unpaired) electrons. The third kappa shape index (κ3) is 5.43. The predicted molar refractivity (Wildman–Crippen MR) is 138 cm³/mol. The van der Waals surface area contributed by atoms with Gasteiger partial charge in [-0.05, 0) is 76.9 Å². The smallest absolute Gasteiger partial charge is 0.266 e. The Morgan fingerprint density at radius 1 is 1.13 bits per heavy atom. The molecule has 162 valence electrons. The second-order valence-corrected chi connectivity index (χ2v) is 10.6. The minimum atomic E-state index is 0.0277. The molecule has 1 heterocycles. The summed E-state index contributed by atoms with van der Waals surface area (Å²) in [6.45, 7) is 0.465. The Bertz CT molecular complexity index is 1000. The fourth-order valence-electron chi connectivity index (χ4n) is 3.92. The fourth-order valence-corrected chi connectivity index (χ4v) is 5.68. The molecule has 1 saturated carbocycles. The Labute approximate surface area is 206 Å². The van der Waals surface area contributed by atoms with Crippen molar-refractivity contribution in [3.63, 3.8) is 0 Å². The summed E-state index contributed by atoms with van der Waals surface area (Å²) < 4.78 is 13.4. The summed E-state index contributed by atoms with van der Waals surface area (Å²) >= 11 is 9.21. The minimum Gasteiger partial charge on any atom is -0.493 e. The van der Waals surface area contributed by atoms with E-state index in [1.54, 1.807) is 7.11 Å². The van der Waals surface area contributed by atoms with Crippen LogP contribution in [0.1, 0.15) is 43.2 Å². The number of carbonyl (C=O) groups is 1. The molecule has 0 unspecified atom stereocenters.